The van der Waals surface area contributed by atoms with Crippen LogP contribution in [-0.2, 0) is 16.1 Å². The Hall–Kier alpha value is -3.66. The molecule has 0 saturated carbocycles. The molecule has 4 nitrogen and oxygen atoms in total. The van der Waals surface area contributed by atoms with Crippen LogP contribution in [0.1, 0.15) is 53.1 Å². The molecule has 33 heavy (non-hydrogen) atoms. The van der Waals surface area contributed by atoms with Crippen LogP contribution < -0.4 is 5.32 Å². The molecule has 0 spiro atoms. The smallest absolute Gasteiger partial charge is 0.278 e. The molecule has 4 heteroatoms. The molecular formula is C29H30N2O2. The fraction of sp³-hybridized carbons (Fsp3) is 0.241. The minimum absolute atomic E-state index is 0.240. The molecule has 0 aromatic heterocycles. The van der Waals surface area contributed by atoms with E-state index in [0.29, 0.717) is 17.2 Å². The molecule has 3 aromatic carbocycles. The Morgan fingerprint density at radius 2 is 1.42 bits per heavy atom. The number of carbonyl (C=O) groups excluding carboxylic acids is 2. The van der Waals surface area contributed by atoms with Crippen LogP contribution in [0.3, 0.4) is 0 Å². The number of amides is 2. The molecule has 1 aliphatic heterocycles. The lowest BCUT2D eigenvalue weighted by Crippen LogP contribution is -2.32. The van der Waals surface area contributed by atoms with Gasteiger partial charge in [-0.15, -0.1) is 0 Å². The highest BCUT2D eigenvalue weighted by Gasteiger charge is 2.39. The van der Waals surface area contributed by atoms with E-state index in [1.165, 1.54) is 10.5 Å². The molecule has 0 saturated heterocycles. The molecule has 0 aliphatic carbocycles. The second kappa shape index (κ2) is 9.07. The number of benzene rings is 3. The third-order valence-corrected chi connectivity index (χ3v) is 6.13. The maximum absolute atomic E-state index is 13.6. The number of hydrogen-bond donors (Lipinski definition) is 1. The first-order chi connectivity index (χ1) is 15.7. The Morgan fingerprint density at radius 3 is 2.03 bits per heavy atom. The van der Waals surface area contributed by atoms with E-state index in [0.717, 1.165) is 33.5 Å². The quantitative estimate of drug-likeness (QED) is 0.471. The second-order valence-corrected chi connectivity index (χ2v) is 9.15. The molecule has 4 rings (SSSR count). The number of nitrogens with one attached hydrogen (secondary N) is 1. The van der Waals surface area contributed by atoms with Crippen molar-refractivity contribution in [2.45, 2.75) is 47.1 Å². The Balaban J connectivity index is 1.74. The molecule has 0 fully saturated rings. The number of anilines is 1. The summed E-state index contributed by atoms with van der Waals surface area (Å²) in [5.41, 5.74) is 7.69. The number of carbonyl (C=O) groups is 2. The summed E-state index contributed by atoms with van der Waals surface area (Å²) in [6, 6.07) is 21.9. The van der Waals surface area contributed by atoms with E-state index in [1.54, 1.807) is 0 Å². The van der Waals surface area contributed by atoms with E-state index < -0.39 is 0 Å². The maximum atomic E-state index is 13.6. The highest BCUT2D eigenvalue weighted by Crippen LogP contribution is 2.33. The van der Waals surface area contributed by atoms with Gasteiger partial charge in [-0.3, -0.25) is 14.5 Å². The van der Waals surface area contributed by atoms with E-state index in [-0.39, 0.29) is 18.4 Å². The van der Waals surface area contributed by atoms with Gasteiger partial charge in [0.1, 0.15) is 5.70 Å². The molecular weight excluding hydrogens is 408 g/mol. The van der Waals surface area contributed by atoms with Gasteiger partial charge in [-0.05, 0) is 61.1 Å². The summed E-state index contributed by atoms with van der Waals surface area (Å²) >= 11 is 0. The van der Waals surface area contributed by atoms with Crippen molar-refractivity contribution in [3.63, 3.8) is 0 Å². The lowest BCUT2D eigenvalue weighted by molar-refractivity contribution is -0.137. The largest absolute Gasteiger partial charge is 0.350 e. The molecule has 0 radical (unpaired) electrons. The van der Waals surface area contributed by atoms with Gasteiger partial charge in [-0.25, -0.2) is 0 Å². The first-order valence-corrected chi connectivity index (χ1v) is 11.3. The van der Waals surface area contributed by atoms with E-state index in [9.17, 15) is 9.59 Å². The SMILES string of the molecule is Cc1ccc(CN2C(=O)C(Nc3ccc(C(C)C)cc3)=C(c3ccc(C)cc3C)C2=O)cc1. The minimum atomic E-state index is -0.302. The summed E-state index contributed by atoms with van der Waals surface area (Å²) in [5, 5.41) is 3.27. The van der Waals surface area contributed by atoms with Crippen LogP contribution in [0.25, 0.3) is 5.57 Å². The third-order valence-electron chi connectivity index (χ3n) is 6.13. The van der Waals surface area contributed by atoms with Gasteiger partial charge in [0.15, 0.2) is 0 Å². The topological polar surface area (TPSA) is 49.4 Å². The molecule has 2 amide bonds. The average Bonchev–Trinajstić information content (AvgIpc) is 3.00. The van der Waals surface area contributed by atoms with Crippen molar-refractivity contribution < 1.29 is 9.59 Å². The van der Waals surface area contributed by atoms with Crippen LogP contribution in [0.5, 0.6) is 0 Å². The standard InChI is InChI=1S/C29H30N2O2/c1-18(2)23-11-13-24(14-12-23)30-27-26(25-15-8-20(4)16-21(25)5)28(32)31(29(27)33)17-22-9-6-19(3)7-10-22/h6-16,18,30H,17H2,1-5H3. The van der Waals surface area contributed by atoms with Crippen LogP contribution in [0, 0.1) is 20.8 Å². The van der Waals surface area contributed by atoms with Gasteiger partial charge in [0.2, 0.25) is 0 Å². The maximum Gasteiger partial charge on any atom is 0.278 e. The van der Waals surface area contributed by atoms with Crippen molar-refractivity contribution in [3.8, 4) is 0 Å². The fourth-order valence-electron chi connectivity index (χ4n) is 4.15. The first-order valence-electron chi connectivity index (χ1n) is 11.3. The van der Waals surface area contributed by atoms with E-state index in [4.69, 9.17) is 0 Å². The number of nitrogens with zero attached hydrogens (tertiary/aromatic N) is 1. The minimum Gasteiger partial charge on any atom is -0.350 e. The van der Waals surface area contributed by atoms with Crippen LogP contribution in [0.2, 0.25) is 0 Å². The van der Waals surface area contributed by atoms with Crippen molar-refractivity contribution in [2.24, 2.45) is 0 Å². The van der Waals surface area contributed by atoms with Gasteiger partial charge < -0.3 is 5.32 Å². The van der Waals surface area contributed by atoms with Gasteiger partial charge in [0, 0.05) is 5.69 Å². The van der Waals surface area contributed by atoms with Crippen LogP contribution in [0.4, 0.5) is 5.69 Å². The second-order valence-electron chi connectivity index (χ2n) is 9.15. The highest BCUT2D eigenvalue weighted by molar-refractivity contribution is 6.36. The fourth-order valence-corrected chi connectivity index (χ4v) is 4.15. The summed E-state index contributed by atoms with van der Waals surface area (Å²) in [4.78, 5) is 28.4. The number of imide groups is 1. The van der Waals surface area contributed by atoms with Gasteiger partial charge in [0.25, 0.3) is 11.8 Å². The normalized spacial score (nSPS) is 13.9. The van der Waals surface area contributed by atoms with Crippen LogP contribution in [-0.4, -0.2) is 16.7 Å². The molecule has 0 bridgehead atoms. The summed E-state index contributed by atoms with van der Waals surface area (Å²) in [6.45, 7) is 10.5. The number of aryl methyl sites for hydroxylation is 3. The van der Waals surface area contributed by atoms with Gasteiger partial charge >= 0.3 is 0 Å². The predicted molar refractivity (Wildman–Crippen MR) is 134 cm³/mol. The van der Waals surface area contributed by atoms with Crippen molar-refractivity contribution in [1.29, 1.82) is 0 Å². The lowest BCUT2D eigenvalue weighted by atomic mass is 9.97. The van der Waals surface area contributed by atoms with Crippen molar-refractivity contribution in [1.82, 2.24) is 4.90 Å². The van der Waals surface area contributed by atoms with Gasteiger partial charge in [0.05, 0.1) is 12.1 Å². The van der Waals surface area contributed by atoms with Crippen molar-refractivity contribution in [2.75, 3.05) is 5.32 Å². The Kier molecular flexibility index (Phi) is 6.19. The van der Waals surface area contributed by atoms with Crippen molar-refractivity contribution in [3.05, 3.63) is 106 Å². The molecule has 168 valence electrons. The monoisotopic (exact) mass is 438 g/mol. The van der Waals surface area contributed by atoms with E-state index in [2.05, 4.69) is 31.3 Å². The van der Waals surface area contributed by atoms with Crippen molar-refractivity contribution >= 4 is 23.1 Å². The zero-order valence-corrected chi connectivity index (χ0v) is 19.9. The number of hydrogen-bond acceptors (Lipinski definition) is 3. The number of rotatable bonds is 6. The summed E-state index contributed by atoms with van der Waals surface area (Å²) in [6.07, 6.45) is 0. The zero-order valence-electron chi connectivity index (χ0n) is 19.9. The summed E-state index contributed by atoms with van der Waals surface area (Å²) < 4.78 is 0. The highest BCUT2D eigenvalue weighted by atomic mass is 16.2. The van der Waals surface area contributed by atoms with E-state index in [1.807, 2.05) is 75.4 Å². The predicted octanol–water partition coefficient (Wildman–Crippen LogP) is 6.13. The van der Waals surface area contributed by atoms with Crippen LogP contribution in [0.15, 0.2) is 72.4 Å². The average molecular weight is 439 g/mol. The Bertz CT molecular complexity index is 1240. The van der Waals surface area contributed by atoms with Crippen LogP contribution >= 0.6 is 0 Å². The first kappa shape index (κ1) is 22.5. The molecule has 0 unspecified atom stereocenters. The summed E-state index contributed by atoms with van der Waals surface area (Å²) in [7, 11) is 0. The van der Waals surface area contributed by atoms with E-state index >= 15 is 0 Å². The van der Waals surface area contributed by atoms with Gasteiger partial charge in [-0.2, -0.15) is 0 Å². The third kappa shape index (κ3) is 4.61. The molecule has 1 N–H and O–H groups in total. The lowest BCUT2D eigenvalue weighted by Gasteiger charge is -2.16. The molecule has 1 heterocycles. The molecule has 3 aromatic rings. The Labute approximate surface area is 195 Å². The zero-order chi connectivity index (χ0) is 23.7. The summed E-state index contributed by atoms with van der Waals surface area (Å²) in [5.74, 6) is -0.152. The van der Waals surface area contributed by atoms with Gasteiger partial charge in [-0.1, -0.05) is 79.6 Å². The molecule has 1 aliphatic rings. The Morgan fingerprint density at radius 1 is 0.788 bits per heavy atom. The molecule has 0 atom stereocenters.